The number of hydrogen-bond acceptors (Lipinski definition) is 5. The van der Waals surface area contributed by atoms with Crippen LogP contribution in [0, 0.1) is 11.3 Å². The van der Waals surface area contributed by atoms with Crippen LogP contribution in [0.4, 0.5) is 0 Å². The minimum absolute atomic E-state index is 0.127. The van der Waals surface area contributed by atoms with E-state index >= 15 is 0 Å². The zero-order valence-electron chi connectivity index (χ0n) is 10.9. The summed E-state index contributed by atoms with van der Waals surface area (Å²) in [4.78, 5) is 16.2. The summed E-state index contributed by atoms with van der Waals surface area (Å²) in [6.07, 6.45) is 2.85. The van der Waals surface area contributed by atoms with Crippen molar-refractivity contribution in [2.75, 3.05) is 19.6 Å². The van der Waals surface area contributed by atoms with E-state index in [1.54, 1.807) is 0 Å². The lowest BCUT2D eigenvalue weighted by atomic mass is 9.75. The highest BCUT2D eigenvalue weighted by atomic mass is 16.5. The Labute approximate surface area is 107 Å². The van der Waals surface area contributed by atoms with Crippen LogP contribution >= 0.6 is 0 Å². The van der Waals surface area contributed by atoms with Gasteiger partial charge in [-0.15, -0.1) is 0 Å². The Kier molecular flexibility index (Phi) is 3.96. The normalized spacial score (nSPS) is 23.5. The van der Waals surface area contributed by atoms with Gasteiger partial charge in [-0.25, -0.2) is 0 Å². The van der Waals surface area contributed by atoms with Crippen LogP contribution in [-0.4, -0.2) is 35.7 Å². The topological polar surface area (TPSA) is 80.1 Å². The first-order chi connectivity index (χ1) is 8.65. The molecule has 1 amide bonds. The molecule has 6 nitrogen and oxygen atoms in total. The lowest BCUT2D eigenvalue weighted by Crippen LogP contribution is -2.46. The molecule has 0 saturated carbocycles. The minimum atomic E-state index is -0.269. The first kappa shape index (κ1) is 13.0. The summed E-state index contributed by atoms with van der Waals surface area (Å²) in [7, 11) is 0. The van der Waals surface area contributed by atoms with Gasteiger partial charge in [-0.2, -0.15) is 4.98 Å². The largest absolute Gasteiger partial charge is 0.355 e. The van der Waals surface area contributed by atoms with Crippen LogP contribution in [0.1, 0.15) is 26.2 Å². The molecular weight excluding hydrogens is 232 g/mol. The van der Waals surface area contributed by atoms with Crippen molar-refractivity contribution in [1.82, 2.24) is 20.8 Å². The molecule has 1 aromatic heterocycles. The third-order valence-corrected chi connectivity index (χ3v) is 3.78. The fourth-order valence-electron chi connectivity index (χ4n) is 2.43. The number of hydrogen-bond donors (Lipinski definition) is 2. The average molecular weight is 252 g/mol. The van der Waals surface area contributed by atoms with Crippen molar-refractivity contribution in [3.63, 3.8) is 0 Å². The monoisotopic (exact) mass is 252 g/mol. The summed E-state index contributed by atoms with van der Waals surface area (Å²) in [5.74, 6) is 1.01. The predicted octanol–water partition coefficient (Wildman–Crippen LogP) is 0.364. The Balaban J connectivity index is 1.86. The van der Waals surface area contributed by atoms with Gasteiger partial charge in [0.05, 0.1) is 5.41 Å². The fraction of sp³-hybridized carbons (Fsp3) is 0.750. The number of carbonyl (C=O) groups excluding carboxylic acids is 1. The maximum atomic E-state index is 12.3. The molecule has 0 aromatic carbocycles. The van der Waals surface area contributed by atoms with Crippen LogP contribution in [0.5, 0.6) is 0 Å². The average Bonchev–Trinajstić information content (AvgIpc) is 3.00. The molecule has 0 radical (unpaired) electrons. The van der Waals surface area contributed by atoms with Crippen molar-refractivity contribution in [1.29, 1.82) is 0 Å². The van der Waals surface area contributed by atoms with Crippen LogP contribution in [0.15, 0.2) is 10.9 Å². The molecule has 2 N–H and O–H groups in total. The number of nitrogens with zero attached hydrogens (tertiary/aromatic N) is 2. The SMILES string of the molecule is CC(C)C1(C(=O)NCCc2ncno2)CCNC1. The number of rotatable bonds is 5. The van der Waals surface area contributed by atoms with Gasteiger partial charge in [0.15, 0.2) is 6.33 Å². The number of carbonyl (C=O) groups is 1. The van der Waals surface area contributed by atoms with Gasteiger partial charge in [-0.3, -0.25) is 4.79 Å². The summed E-state index contributed by atoms with van der Waals surface area (Å²) >= 11 is 0. The highest BCUT2D eigenvalue weighted by Gasteiger charge is 2.43. The van der Waals surface area contributed by atoms with Gasteiger partial charge >= 0.3 is 0 Å². The van der Waals surface area contributed by atoms with Crippen LogP contribution in [-0.2, 0) is 11.2 Å². The molecule has 1 atom stereocenters. The third kappa shape index (κ3) is 2.53. The molecule has 2 heterocycles. The smallest absolute Gasteiger partial charge is 0.228 e. The molecule has 2 rings (SSSR count). The Morgan fingerprint density at radius 3 is 3.06 bits per heavy atom. The van der Waals surface area contributed by atoms with Crippen LogP contribution < -0.4 is 10.6 Å². The summed E-state index contributed by atoms with van der Waals surface area (Å²) in [6, 6.07) is 0. The molecule has 100 valence electrons. The second-order valence-corrected chi connectivity index (χ2v) is 5.08. The van der Waals surface area contributed by atoms with Gasteiger partial charge < -0.3 is 15.2 Å². The highest BCUT2D eigenvalue weighted by molar-refractivity contribution is 5.83. The van der Waals surface area contributed by atoms with Crippen molar-refractivity contribution in [3.05, 3.63) is 12.2 Å². The van der Waals surface area contributed by atoms with Crippen molar-refractivity contribution in [2.24, 2.45) is 11.3 Å². The molecule has 1 aliphatic rings. The summed E-state index contributed by atoms with van der Waals surface area (Å²) in [6.45, 7) is 6.41. The van der Waals surface area contributed by atoms with E-state index in [4.69, 9.17) is 4.52 Å². The molecule has 0 spiro atoms. The summed E-state index contributed by atoms with van der Waals surface area (Å²) in [5.41, 5.74) is -0.269. The van der Waals surface area contributed by atoms with E-state index in [0.717, 1.165) is 19.5 Å². The maximum absolute atomic E-state index is 12.3. The molecule has 0 aliphatic carbocycles. The standard InChI is InChI=1S/C12H20N4O2/c1-9(2)12(4-6-13-7-12)11(17)14-5-3-10-15-8-16-18-10/h8-9,13H,3-7H2,1-2H3,(H,14,17). The molecule has 1 fully saturated rings. The molecule has 1 aromatic rings. The van der Waals surface area contributed by atoms with Crippen molar-refractivity contribution >= 4 is 5.91 Å². The van der Waals surface area contributed by atoms with Crippen LogP contribution in [0.2, 0.25) is 0 Å². The number of nitrogens with one attached hydrogen (secondary N) is 2. The first-order valence-electron chi connectivity index (χ1n) is 6.40. The van der Waals surface area contributed by atoms with E-state index in [0.29, 0.717) is 24.8 Å². The van der Waals surface area contributed by atoms with E-state index in [9.17, 15) is 4.79 Å². The second kappa shape index (κ2) is 5.48. The van der Waals surface area contributed by atoms with Gasteiger partial charge in [0.1, 0.15) is 0 Å². The Morgan fingerprint density at radius 2 is 2.50 bits per heavy atom. The van der Waals surface area contributed by atoms with E-state index in [2.05, 4.69) is 34.6 Å². The molecule has 1 saturated heterocycles. The lowest BCUT2D eigenvalue weighted by Gasteiger charge is -2.31. The fourth-order valence-corrected chi connectivity index (χ4v) is 2.43. The maximum Gasteiger partial charge on any atom is 0.228 e. The van der Waals surface area contributed by atoms with Crippen LogP contribution in [0.25, 0.3) is 0 Å². The molecule has 1 aliphatic heterocycles. The second-order valence-electron chi connectivity index (χ2n) is 5.08. The Bertz CT molecular complexity index is 383. The number of amides is 1. The molecule has 1 unspecified atom stereocenters. The van der Waals surface area contributed by atoms with Gasteiger partial charge in [-0.05, 0) is 18.9 Å². The lowest BCUT2D eigenvalue weighted by molar-refractivity contribution is -0.132. The van der Waals surface area contributed by atoms with Crippen LogP contribution in [0.3, 0.4) is 0 Å². The van der Waals surface area contributed by atoms with E-state index < -0.39 is 0 Å². The van der Waals surface area contributed by atoms with E-state index in [1.165, 1.54) is 6.33 Å². The quantitative estimate of drug-likeness (QED) is 0.791. The summed E-state index contributed by atoms with van der Waals surface area (Å²) < 4.78 is 4.89. The third-order valence-electron chi connectivity index (χ3n) is 3.78. The Morgan fingerprint density at radius 1 is 1.67 bits per heavy atom. The molecular formula is C12H20N4O2. The first-order valence-corrected chi connectivity index (χ1v) is 6.40. The number of aromatic nitrogens is 2. The van der Waals surface area contributed by atoms with E-state index in [1.807, 2.05) is 0 Å². The van der Waals surface area contributed by atoms with Crippen molar-refractivity contribution in [2.45, 2.75) is 26.7 Å². The summed E-state index contributed by atoms with van der Waals surface area (Å²) in [5, 5.41) is 9.79. The molecule has 6 heteroatoms. The van der Waals surface area contributed by atoms with Gasteiger partial charge in [-0.1, -0.05) is 19.0 Å². The highest BCUT2D eigenvalue weighted by Crippen LogP contribution is 2.34. The molecule has 18 heavy (non-hydrogen) atoms. The molecule has 0 bridgehead atoms. The van der Waals surface area contributed by atoms with Gasteiger partial charge in [0.2, 0.25) is 11.8 Å². The zero-order valence-corrected chi connectivity index (χ0v) is 10.9. The minimum Gasteiger partial charge on any atom is -0.355 e. The zero-order chi connectivity index (χ0) is 13.0. The van der Waals surface area contributed by atoms with Crippen molar-refractivity contribution < 1.29 is 9.32 Å². The Hall–Kier alpha value is -1.43. The van der Waals surface area contributed by atoms with E-state index in [-0.39, 0.29) is 11.3 Å². The predicted molar refractivity (Wildman–Crippen MR) is 65.8 cm³/mol. The van der Waals surface area contributed by atoms with Crippen molar-refractivity contribution in [3.8, 4) is 0 Å². The van der Waals surface area contributed by atoms with Gasteiger partial charge in [0, 0.05) is 19.5 Å². The van der Waals surface area contributed by atoms with Gasteiger partial charge in [0.25, 0.3) is 0 Å².